The molecule has 12 heavy (non-hydrogen) atoms. The molecule has 2 heteroatoms. The number of hydrogen-bond donors (Lipinski definition) is 1. The highest BCUT2D eigenvalue weighted by molar-refractivity contribution is 5.13. The molecule has 1 aromatic rings. The average Bonchev–Trinajstić information content (AvgIpc) is 2.35. The number of aliphatic hydroxyl groups is 1. The van der Waals surface area contributed by atoms with Crippen molar-refractivity contribution in [2.75, 3.05) is 0 Å². The van der Waals surface area contributed by atoms with Crippen LogP contribution in [0.2, 0.25) is 0 Å². The van der Waals surface area contributed by atoms with Gasteiger partial charge in [-0.1, -0.05) is 6.08 Å². The van der Waals surface area contributed by atoms with E-state index in [0.29, 0.717) is 6.42 Å². The van der Waals surface area contributed by atoms with E-state index < -0.39 is 5.60 Å². The minimum absolute atomic E-state index is 0.477. The van der Waals surface area contributed by atoms with Gasteiger partial charge in [0.05, 0.1) is 11.9 Å². The SMILES string of the molecule is C=CC(C)(O)Cc1cc(C)co1. The number of furan rings is 1. The zero-order valence-electron chi connectivity index (χ0n) is 7.50. The smallest absolute Gasteiger partial charge is 0.107 e. The molecular formula is C10H14O2. The quantitative estimate of drug-likeness (QED) is 0.697. The summed E-state index contributed by atoms with van der Waals surface area (Å²) in [4.78, 5) is 0. The van der Waals surface area contributed by atoms with E-state index in [0.717, 1.165) is 11.3 Å². The van der Waals surface area contributed by atoms with Crippen molar-refractivity contribution < 1.29 is 9.52 Å². The second kappa shape index (κ2) is 3.15. The lowest BCUT2D eigenvalue weighted by molar-refractivity contribution is 0.106. The monoisotopic (exact) mass is 166 g/mol. The number of aryl methyl sites for hydroxylation is 1. The molecule has 0 aromatic carbocycles. The Bertz CT molecular complexity index is 271. The van der Waals surface area contributed by atoms with E-state index in [1.165, 1.54) is 6.08 Å². The molecule has 0 aliphatic carbocycles. The molecule has 0 amide bonds. The summed E-state index contributed by atoms with van der Waals surface area (Å²) in [5, 5.41) is 9.61. The van der Waals surface area contributed by atoms with Gasteiger partial charge in [-0.2, -0.15) is 0 Å². The summed E-state index contributed by atoms with van der Waals surface area (Å²) in [6, 6.07) is 1.91. The van der Waals surface area contributed by atoms with E-state index in [4.69, 9.17) is 4.42 Å². The summed E-state index contributed by atoms with van der Waals surface area (Å²) < 4.78 is 5.19. The Morgan fingerprint density at radius 3 is 2.83 bits per heavy atom. The van der Waals surface area contributed by atoms with Gasteiger partial charge in [0.15, 0.2) is 0 Å². The van der Waals surface area contributed by atoms with Gasteiger partial charge >= 0.3 is 0 Å². The first kappa shape index (κ1) is 9.07. The van der Waals surface area contributed by atoms with Crippen LogP contribution in [0.3, 0.4) is 0 Å². The van der Waals surface area contributed by atoms with E-state index in [1.807, 2.05) is 13.0 Å². The maximum absolute atomic E-state index is 9.61. The molecule has 66 valence electrons. The highest BCUT2D eigenvalue weighted by atomic mass is 16.3. The van der Waals surface area contributed by atoms with Gasteiger partial charge in [0.25, 0.3) is 0 Å². The lowest BCUT2D eigenvalue weighted by Crippen LogP contribution is -2.23. The van der Waals surface area contributed by atoms with Crippen LogP contribution in [0, 0.1) is 6.92 Å². The molecule has 0 saturated heterocycles. The van der Waals surface area contributed by atoms with Gasteiger partial charge in [-0.25, -0.2) is 0 Å². The van der Waals surface area contributed by atoms with Crippen molar-refractivity contribution in [3.05, 3.63) is 36.3 Å². The number of hydrogen-bond acceptors (Lipinski definition) is 2. The second-order valence-corrected chi connectivity index (χ2v) is 3.33. The van der Waals surface area contributed by atoms with Crippen LogP contribution in [-0.4, -0.2) is 10.7 Å². The van der Waals surface area contributed by atoms with Crippen LogP contribution < -0.4 is 0 Å². The molecule has 1 heterocycles. The van der Waals surface area contributed by atoms with Gasteiger partial charge < -0.3 is 9.52 Å². The van der Waals surface area contributed by atoms with Crippen molar-refractivity contribution in [1.82, 2.24) is 0 Å². The molecule has 1 unspecified atom stereocenters. The first-order valence-electron chi connectivity index (χ1n) is 3.93. The normalized spacial score (nSPS) is 15.6. The van der Waals surface area contributed by atoms with Gasteiger partial charge in [0.1, 0.15) is 5.76 Å². The topological polar surface area (TPSA) is 33.4 Å². The van der Waals surface area contributed by atoms with Crippen LogP contribution in [0.15, 0.2) is 29.4 Å². The largest absolute Gasteiger partial charge is 0.469 e. The molecular weight excluding hydrogens is 152 g/mol. The van der Waals surface area contributed by atoms with Crippen molar-refractivity contribution in [1.29, 1.82) is 0 Å². The highest BCUT2D eigenvalue weighted by Crippen LogP contribution is 2.15. The van der Waals surface area contributed by atoms with Crippen molar-refractivity contribution in [2.24, 2.45) is 0 Å². The van der Waals surface area contributed by atoms with Crippen LogP contribution in [0.5, 0.6) is 0 Å². The van der Waals surface area contributed by atoms with E-state index in [-0.39, 0.29) is 0 Å². The Kier molecular flexibility index (Phi) is 2.38. The molecule has 0 fully saturated rings. The number of rotatable bonds is 3. The van der Waals surface area contributed by atoms with Crippen LogP contribution in [0.4, 0.5) is 0 Å². The van der Waals surface area contributed by atoms with Crippen molar-refractivity contribution >= 4 is 0 Å². The van der Waals surface area contributed by atoms with Gasteiger partial charge in [-0.3, -0.25) is 0 Å². The van der Waals surface area contributed by atoms with E-state index >= 15 is 0 Å². The van der Waals surface area contributed by atoms with Crippen LogP contribution in [0.1, 0.15) is 18.2 Å². The molecule has 1 N–H and O–H groups in total. The molecule has 0 aliphatic rings. The fourth-order valence-electron chi connectivity index (χ4n) is 1.01. The second-order valence-electron chi connectivity index (χ2n) is 3.33. The first-order chi connectivity index (χ1) is 5.53. The Morgan fingerprint density at radius 2 is 2.42 bits per heavy atom. The standard InChI is InChI=1S/C10H14O2/c1-4-10(3,11)6-9-5-8(2)7-12-9/h4-5,7,11H,1,6H2,2-3H3. The zero-order valence-corrected chi connectivity index (χ0v) is 7.50. The van der Waals surface area contributed by atoms with Crippen molar-refractivity contribution in [2.45, 2.75) is 25.9 Å². The summed E-state index contributed by atoms with van der Waals surface area (Å²) in [7, 11) is 0. The van der Waals surface area contributed by atoms with Crippen LogP contribution in [0.25, 0.3) is 0 Å². The molecule has 1 atom stereocenters. The maximum atomic E-state index is 9.61. The predicted molar refractivity (Wildman–Crippen MR) is 48.0 cm³/mol. The van der Waals surface area contributed by atoms with E-state index in [9.17, 15) is 5.11 Å². The molecule has 0 spiro atoms. The third-order valence-corrected chi connectivity index (χ3v) is 1.76. The van der Waals surface area contributed by atoms with E-state index in [2.05, 4.69) is 6.58 Å². The molecule has 0 aliphatic heterocycles. The summed E-state index contributed by atoms with van der Waals surface area (Å²) in [6.45, 7) is 7.20. The Labute approximate surface area is 72.5 Å². The summed E-state index contributed by atoms with van der Waals surface area (Å²) in [5.41, 5.74) is 0.203. The predicted octanol–water partition coefficient (Wildman–Crippen LogP) is 2.07. The van der Waals surface area contributed by atoms with E-state index in [1.54, 1.807) is 13.2 Å². The van der Waals surface area contributed by atoms with Gasteiger partial charge in [-0.05, 0) is 25.5 Å². The first-order valence-corrected chi connectivity index (χ1v) is 3.93. The summed E-state index contributed by atoms with van der Waals surface area (Å²) >= 11 is 0. The molecule has 0 radical (unpaired) electrons. The molecule has 2 nitrogen and oxygen atoms in total. The average molecular weight is 166 g/mol. The van der Waals surface area contributed by atoms with Crippen molar-refractivity contribution in [3.8, 4) is 0 Å². The molecule has 0 saturated carbocycles. The van der Waals surface area contributed by atoms with Gasteiger partial charge in [0, 0.05) is 6.42 Å². The fourth-order valence-corrected chi connectivity index (χ4v) is 1.01. The molecule has 0 bridgehead atoms. The van der Waals surface area contributed by atoms with Crippen LogP contribution in [-0.2, 0) is 6.42 Å². The Morgan fingerprint density at radius 1 is 1.75 bits per heavy atom. The van der Waals surface area contributed by atoms with Gasteiger partial charge in [0.2, 0.25) is 0 Å². The summed E-state index contributed by atoms with van der Waals surface area (Å²) in [5.74, 6) is 0.789. The molecule has 1 aromatic heterocycles. The third-order valence-electron chi connectivity index (χ3n) is 1.76. The minimum atomic E-state index is -0.871. The lowest BCUT2D eigenvalue weighted by atomic mass is 10.0. The maximum Gasteiger partial charge on any atom is 0.107 e. The van der Waals surface area contributed by atoms with Crippen LogP contribution >= 0.6 is 0 Å². The van der Waals surface area contributed by atoms with Gasteiger partial charge in [-0.15, -0.1) is 6.58 Å². The Balaban J connectivity index is 2.69. The zero-order chi connectivity index (χ0) is 9.19. The molecule has 1 rings (SSSR count). The summed E-state index contributed by atoms with van der Waals surface area (Å²) in [6.07, 6.45) is 3.67. The third kappa shape index (κ3) is 2.24. The lowest BCUT2D eigenvalue weighted by Gasteiger charge is -2.15. The minimum Gasteiger partial charge on any atom is -0.469 e. The fraction of sp³-hybridized carbons (Fsp3) is 0.400. The van der Waals surface area contributed by atoms with Crippen molar-refractivity contribution in [3.63, 3.8) is 0 Å². The Hall–Kier alpha value is -1.02. The highest BCUT2D eigenvalue weighted by Gasteiger charge is 2.17.